The molecule has 0 spiro atoms. The van der Waals surface area contributed by atoms with Gasteiger partial charge in [0.25, 0.3) is 0 Å². The van der Waals surface area contributed by atoms with Gasteiger partial charge in [-0.05, 0) is 20.8 Å². The van der Waals surface area contributed by atoms with Crippen LogP contribution in [0.5, 0.6) is 0 Å². The first-order valence-electron chi connectivity index (χ1n) is 5.67. The molecule has 0 saturated carbocycles. The van der Waals surface area contributed by atoms with Crippen LogP contribution in [0.15, 0.2) is 0 Å². The number of esters is 1. The van der Waals surface area contributed by atoms with Crippen LogP contribution in [0.4, 0.5) is 0 Å². The summed E-state index contributed by atoms with van der Waals surface area (Å²) in [5.74, 6) is -1.58. The van der Waals surface area contributed by atoms with Crippen molar-refractivity contribution >= 4 is 24.2 Å². The van der Waals surface area contributed by atoms with Gasteiger partial charge in [0.05, 0.1) is 13.1 Å². The maximum atomic E-state index is 11.3. The number of hydrogen-bond donors (Lipinski definition) is 3. The minimum atomic E-state index is -0.615. The van der Waals surface area contributed by atoms with Crippen LogP contribution in [0.3, 0.4) is 0 Å². The predicted octanol–water partition coefficient (Wildman–Crippen LogP) is -1.69. The highest BCUT2D eigenvalue weighted by molar-refractivity contribution is 5.88. The average molecular weight is 273 g/mol. The van der Waals surface area contributed by atoms with Crippen molar-refractivity contribution < 1.29 is 23.9 Å². The van der Waals surface area contributed by atoms with Gasteiger partial charge in [0.2, 0.25) is 18.2 Å². The van der Waals surface area contributed by atoms with E-state index in [2.05, 4.69) is 16.0 Å². The van der Waals surface area contributed by atoms with E-state index in [0.29, 0.717) is 6.41 Å². The second kappa shape index (κ2) is 8.06. The Hall–Kier alpha value is -2.12. The molecule has 0 aliphatic carbocycles. The van der Waals surface area contributed by atoms with Gasteiger partial charge in [-0.1, -0.05) is 0 Å². The Kier molecular flexibility index (Phi) is 7.16. The molecule has 19 heavy (non-hydrogen) atoms. The number of amides is 3. The van der Waals surface area contributed by atoms with E-state index in [1.165, 1.54) is 0 Å². The first-order chi connectivity index (χ1) is 8.74. The highest BCUT2D eigenvalue weighted by Gasteiger charge is 2.16. The normalized spacial score (nSPS) is 10.3. The third kappa shape index (κ3) is 10.7. The van der Waals surface area contributed by atoms with Crippen LogP contribution >= 0.6 is 0 Å². The molecule has 0 saturated heterocycles. The summed E-state index contributed by atoms with van der Waals surface area (Å²) in [6, 6.07) is 0. The van der Waals surface area contributed by atoms with Gasteiger partial charge in [0.15, 0.2) is 0 Å². The monoisotopic (exact) mass is 273 g/mol. The molecule has 0 heterocycles. The van der Waals surface area contributed by atoms with E-state index in [9.17, 15) is 19.2 Å². The molecule has 0 aliphatic heterocycles. The quantitative estimate of drug-likeness (QED) is 0.378. The van der Waals surface area contributed by atoms with Gasteiger partial charge in [-0.3, -0.25) is 19.2 Å². The smallest absolute Gasteiger partial charge is 0.325 e. The molecule has 0 bridgehead atoms. The molecule has 0 aliphatic rings. The summed E-state index contributed by atoms with van der Waals surface area (Å²) in [7, 11) is 0. The third-order valence-corrected chi connectivity index (χ3v) is 1.64. The molecule has 0 fully saturated rings. The highest BCUT2D eigenvalue weighted by Crippen LogP contribution is 2.05. The van der Waals surface area contributed by atoms with Gasteiger partial charge < -0.3 is 20.7 Å². The van der Waals surface area contributed by atoms with E-state index < -0.39 is 23.4 Å². The lowest BCUT2D eigenvalue weighted by Crippen LogP contribution is -2.42. The molecule has 0 unspecified atom stereocenters. The summed E-state index contributed by atoms with van der Waals surface area (Å²) in [5.41, 5.74) is -0.615. The molecule has 0 rings (SSSR count). The molecular formula is C11H19N3O5. The second-order valence-electron chi connectivity index (χ2n) is 4.64. The summed E-state index contributed by atoms with van der Waals surface area (Å²) < 4.78 is 4.98. The maximum Gasteiger partial charge on any atom is 0.325 e. The zero-order valence-electron chi connectivity index (χ0n) is 11.2. The molecule has 0 radical (unpaired) electrons. The average Bonchev–Trinajstić information content (AvgIpc) is 2.29. The van der Waals surface area contributed by atoms with Gasteiger partial charge in [-0.2, -0.15) is 0 Å². The van der Waals surface area contributed by atoms with E-state index in [1.807, 2.05) is 0 Å². The first-order valence-corrected chi connectivity index (χ1v) is 5.67. The molecule has 8 nitrogen and oxygen atoms in total. The Morgan fingerprint density at radius 3 is 2.05 bits per heavy atom. The molecule has 0 aromatic heterocycles. The van der Waals surface area contributed by atoms with Crippen LogP contribution in [-0.2, 0) is 23.9 Å². The summed E-state index contributed by atoms with van der Waals surface area (Å²) in [5, 5.41) is 6.71. The van der Waals surface area contributed by atoms with Gasteiger partial charge in [-0.15, -0.1) is 0 Å². The Morgan fingerprint density at radius 2 is 1.53 bits per heavy atom. The topological polar surface area (TPSA) is 114 Å². The Labute approximate surface area is 111 Å². The summed E-state index contributed by atoms with van der Waals surface area (Å²) >= 11 is 0. The van der Waals surface area contributed by atoms with Gasteiger partial charge in [-0.25, -0.2) is 0 Å². The predicted molar refractivity (Wildman–Crippen MR) is 65.9 cm³/mol. The molecule has 3 amide bonds. The van der Waals surface area contributed by atoms with E-state index in [1.54, 1.807) is 20.8 Å². The fraction of sp³-hybridized carbons (Fsp3) is 0.636. The third-order valence-electron chi connectivity index (χ3n) is 1.64. The molecule has 0 aromatic carbocycles. The molecule has 8 heteroatoms. The fourth-order valence-corrected chi connectivity index (χ4v) is 0.987. The van der Waals surface area contributed by atoms with Gasteiger partial charge in [0, 0.05) is 0 Å². The van der Waals surface area contributed by atoms with Crippen LogP contribution in [0.2, 0.25) is 0 Å². The van der Waals surface area contributed by atoms with Crippen molar-refractivity contribution in [1.82, 2.24) is 16.0 Å². The van der Waals surface area contributed by atoms with Crippen LogP contribution < -0.4 is 16.0 Å². The lowest BCUT2D eigenvalue weighted by atomic mass is 10.2. The number of nitrogens with one attached hydrogen (secondary N) is 3. The highest BCUT2D eigenvalue weighted by atomic mass is 16.6. The largest absolute Gasteiger partial charge is 0.459 e. The van der Waals surface area contributed by atoms with Crippen molar-refractivity contribution in [2.45, 2.75) is 26.4 Å². The van der Waals surface area contributed by atoms with E-state index in [-0.39, 0.29) is 19.6 Å². The second-order valence-corrected chi connectivity index (χ2v) is 4.64. The number of hydrogen-bond acceptors (Lipinski definition) is 5. The van der Waals surface area contributed by atoms with Crippen LogP contribution in [0.25, 0.3) is 0 Å². The number of ether oxygens (including phenoxy) is 1. The number of carbonyl (C=O) groups is 4. The lowest BCUT2D eigenvalue weighted by molar-refractivity contribution is -0.154. The van der Waals surface area contributed by atoms with Crippen molar-refractivity contribution in [3.63, 3.8) is 0 Å². The van der Waals surface area contributed by atoms with Crippen LogP contribution in [0.1, 0.15) is 20.8 Å². The van der Waals surface area contributed by atoms with Crippen LogP contribution in [0, 0.1) is 0 Å². The number of rotatable bonds is 7. The van der Waals surface area contributed by atoms with Crippen molar-refractivity contribution in [2.24, 2.45) is 0 Å². The molecule has 0 atom stereocenters. The van der Waals surface area contributed by atoms with Crippen molar-refractivity contribution in [2.75, 3.05) is 19.6 Å². The Morgan fingerprint density at radius 1 is 1.00 bits per heavy atom. The summed E-state index contributed by atoms with van der Waals surface area (Å²) in [4.78, 5) is 43.5. The molecule has 3 N–H and O–H groups in total. The van der Waals surface area contributed by atoms with Crippen molar-refractivity contribution in [3.8, 4) is 0 Å². The molecule has 0 aromatic rings. The summed E-state index contributed by atoms with van der Waals surface area (Å²) in [6.45, 7) is 4.40. The minimum Gasteiger partial charge on any atom is -0.459 e. The van der Waals surface area contributed by atoms with Crippen LogP contribution in [-0.4, -0.2) is 49.4 Å². The van der Waals surface area contributed by atoms with Gasteiger partial charge in [0.1, 0.15) is 12.1 Å². The molecular weight excluding hydrogens is 254 g/mol. The van der Waals surface area contributed by atoms with E-state index >= 15 is 0 Å². The maximum absolute atomic E-state index is 11.3. The fourth-order valence-electron chi connectivity index (χ4n) is 0.987. The lowest BCUT2D eigenvalue weighted by Gasteiger charge is -2.19. The zero-order chi connectivity index (χ0) is 14.9. The van der Waals surface area contributed by atoms with Crippen molar-refractivity contribution in [3.05, 3.63) is 0 Å². The zero-order valence-corrected chi connectivity index (χ0v) is 11.2. The Bertz CT molecular complexity index is 349. The Balaban J connectivity index is 3.78. The minimum absolute atomic E-state index is 0.206. The number of carbonyl (C=O) groups excluding carboxylic acids is 4. The van der Waals surface area contributed by atoms with E-state index in [4.69, 9.17) is 4.74 Å². The summed E-state index contributed by atoms with van der Waals surface area (Å²) in [6.07, 6.45) is 0.377. The first kappa shape index (κ1) is 16.9. The SMILES string of the molecule is CC(C)(C)OC(=O)CNC(=O)CNC(=O)CNC=O. The van der Waals surface area contributed by atoms with E-state index in [0.717, 1.165) is 0 Å². The van der Waals surface area contributed by atoms with Crippen molar-refractivity contribution in [1.29, 1.82) is 0 Å². The standard InChI is InChI=1S/C11H19N3O5/c1-11(2,3)19-10(18)6-14-9(17)5-13-8(16)4-12-7-15/h7H,4-6H2,1-3H3,(H,12,15)(H,13,16)(H,14,17). The molecule has 108 valence electrons. The van der Waals surface area contributed by atoms with Gasteiger partial charge >= 0.3 is 5.97 Å².